The minimum absolute atomic E-state index is 0.0987. The number of nitro benzene ring substituents is 1. The molecule has 0 saturated carbocycles. The second-order valence-electron chi connectivity index (χ2n) is 4.35. The van der Waals surface area contributed by atoms with Crippen LogP contribution in [0, 0.1) is 10.1 Å². The summed E-state index contributed by atoms with van der Waals surface area (Å²) in [5.41, 5.74) is 0.191. The number of nitrogens with zero attached hydrogens (tertiary/aromatic N) is 2. The van der Waals surface area contributed by atoms with Crippen molar-refractivity contribution in [1.29, 1.82) is 0 Å². The molecule has 1 atom stereocenters. The zero-order valence-corrected chi connectivity index (χ0v) is 9.78. The van der Waals surface area contributed by atoms with Crippen molar-refractivity contribution in [3.05, 3.63) is 39.9 Å². The van der Waals surface area contributed by atoms with Crippen molar-refractivity contribution in [2.45, 2.75) is 18.9 Å². The molecule has 0 aliphatic carbocycles. The van der Waals surface area contributed by atoms with Crippen LogP contribution in [0.25, 0.3) is 0 Å². The van der Waals surface area contributed by atoms with Crippen LogP contribution in [0.2, 0.25) is 0 Å². The standard InChI is InChI=1S/C12H14N2O4/c15-11-5-2-6-13(8-11)12(16)9-3-1-4-10(7-9)14(17)18/h1,3-4,7,11,15H,2,5-6,8H2/t11-/m0/s1. The lowest BCUT2D eigenvalue weighted by molar-refractivity contribution is -0.384. The normalized spacial score (nSPS) is 19.6. The molecule has 1 aliphatic heterocycles. The fourth-order valence-electron chi connectivity index (χ4n) is 2.07. The van der Waals surface area contributed by atoms with Crippen LogP contribution in [-0.2, 0) is 0 Å². The lowest BCUT2D eigenvalue weighted by atomic mass is 10.1. The van der Waals surface area contributed by atoms with Gasteiger partial charge in [0.1, 0.15) is 0 Å². The first kappa shape index (κ1) is 12.5. The molecular weight excluding hydrogens is 236 g/mol. The van der Waals surface area contributed by atoms with Crippen LogP contribution in [0.15, 0.2) is 24.3 Å². The van der Waals surface area contributed by atoms with Gasteiger partial charge in [-0.05, 0) is 18.9 Å². The van der Waals surface area contributed by atoms with Gasteiger partial charge in [-0.15, -0.1) is 0 Å². The molecule has 0 unspecified atom stereocenters. The molecule has 96 valence electrons. The van der Waals surface area contributed by atoms with Gasteiger partial charge in [0.2, 0.25) is 0 Å². The van der Waals surface area contributed by atoms with E-state index in [1.54, 1.807) is 6.07 Å². The van der Waals surface area contributed by atoms with Gasteiger partial charge in [-0.3, -0.25) is 14.9 Å². The van der Waals surface area contributed by atoms with Gasteiger partial charge < -0.3 is 10.0 Å². The number of amides is 1. The molecule has 1 heterocycles. The predicted octanol–water partition coefficient (Wildman–Crippen LogP) is 1.19. The number of carbonyl (C=O) groups is 1. The summed E-state index contributed by atoms with van der Waals surface area (Å²) in [7, 11) is 0. The van der Waals surface area contributed by atoms with E-state index >= 15 is 0 Å². The Labute approximate surface area is 104 Å². The van der Waals surface area contributed by atoms with Crippen LogP contribution in [0.5, 0.6) is 0 Å². The Balaban J connectivity index is 2.17. The van der Waals surface area contributed by atoms with E-state index in [0.29, 0.717) is 25.1 Å². The first-order valence-corrected chi connectivity index (χ1v) is 5.80. The maximum Gasteiger partial charge on any atom is 0.270 e. The number of hydrogen-bond donors (Lipinski definition) is 1. The third-order valence-corrected chi connectivity index (χ3v) is 2.99. The smallest absolute Gasteiger partial charge is 0.270 e. The molecule has 2 rings (SSSR count). The summed E-state index contributed by atoms with van der Waals surface area (Å²) < 4.78 is 0. The monoisotopic (exact) mass is 250 g/mol. The molecule has 1 aromatic carbocycles. The van der Waals surface area contributed by atoms with Gasteiger partial charge in [0, 0.05) is 30.8 Å². The average Bonchev–Trinajstić information content (AvgIpc) is 2.38. The van der Waals surface area contributed by atoms with Crippen LogP contribution in [-0.4, -0.2) is 40.0 Å². The van der Waals surface area contributed by atoms with E-state index in [-0.39, 0.29) is 11.6 Å². The molecule has 1 fully saturated rings. The van der Waals surface area contributed by atoms with E-state index in [9.17, 15) is 20.0 Å². The summed E-state index contributed by atoms with van der Waals surface area (Å²) in [5, 5.41) is 20.2. The van der Waals surface area contributed by atoms with Gasteiger partial charge in [-0.2, -0.15) is 0 Å². The maximum atomic E-state index is 12.1. The summed E-state index contributed by atoms with van der Waals surface area (Å²) in [6.45, 7) is 0.875. The Kier molecular flexibility index (Phi) is 3.57. The Morgan fingerprint density at radius 3 is 2.94 bits per heavy atom. The molecule has 18 heavy (non-hydrogen) atoms. The molecule has 1 amide bonds. The van der Waals surface area contributed by atoms with Crippen molar-refractivity contribution >= 4 is 11.6 Å². The van der Waals surface area contributed by atoms with Crippen LogP contribution in [0.3, 0.4) is 0 Å². The number of benzene rings is 1. The highest BCUT2D eigenvalue weighted by Gasteiger charge is 2.23. The topological polar surface area (TPSA) is 83.7 Å². The number of carbonyl (C=O) groups excluding carboxylic acids is 1. The molecule has 1 aromatic rings. The molecule has 6 nitrogen and oxygen atoms in total. The number of hydrogen-bond acceptors (Lipinski definition) is 4. The van der Waals surface area contributed by atoms with Gasteiger partial charge >= 0.3 is 0 Å². The lowest BCUT2D eigenvalue weighted by Crippen LogP contribution is -2.42. The highest BCUT2D eigenvalue weighted by molar-refractivity contribution is 5.94. The SMILES string of the molecule is O=C(c1cccc([N+](=O)[O-])c1)N1CCC[C@H](O)C1. The average molecular weight is 250 g/mol. The molecule has 0 radical (unpaired) electrons. The van der Waals surface area contributed by atoms with Crippen molar-refractivity contribution < 1.29 is 14.8 Å². The summed E-state index contributed by atoms with van der Waals surface area (Å²) in [5.74, 6) is -0.266. The van der Waals surface area contributed by atoms with Crippen molar-refractivity contribution in [1.82, 2.24) is 4.90 Å². The van der Waals surface area contributed by atoms with E-state index in [1.807, 2.05) is 0 Å². The molecular formula is C12H14N2O4. The van der Waals surface area contributed by atoms with Gasteiger partial charge in [0.25, 0.3) is 11.6 Å². The van der Waals surface area contributed by atoms with Gasteiger partial charge in [0.05, 0.1) is 11.0 Å². The zero-order chi connectivity index (χ0) is 13.1. The zero-order valence-electron chi connectivity index (χ0n) is 9.78. The molecule has 0 aromatic heterocycles. The summed E-state index contributed by atoms with van der Waals surface area (Å²) in [6, 6.07) is 5.66. The number of nitro groups is 1. The minimum Gasteiger partial charge on any atom is -0.391 e. The van der Waals surface area contributed by atoms with Crippen molar-refractivity contribution in [3.8, 4) is 0 Å². The van der Waals surface area contributed by atoms with E-state index in [1.165, 1.54) is 23.1 Å². The Hall–Kier alpha value is -1.95. The van der Waals surface area contributed by atoms with E-state index in [0.717, 1.165) is 6.42 Å². The molecule has 0 spiro atoms. The van der Waals surface area contributed by atoms with Crippen LogP contribution in [0.1, 0.15) is 23.2 Å². The van der Waals surface area contributed by atoms with E-state index in [4.69, 9.17) is 0 Å². The largest absolute Gasteiger partial charge is 0.391 e. The maximum absolute atomic E-state index is 12.1. The molecule has 1 saturated heterocycles. The van der Waals surface area contributed by atoms with Crippen molar-refractivity contribution in [2.75, 3.05) is 13.1 Å². The number of aliphatic hydroxyl groups is 1. The van der Waals surface area contributed by atoms with Gasteiger partial charge in [-0.1, -0.05) is 6.07 Å². The molecule has 6 heteroatoms. The Bertz CT molecular complexity index is 475. The molecule has 0 bridgehead atoms. The van der Waals surface area contributed by atoms with E-state index < -0.39 is 11.0 Å². The number of β-amino-alcohol motifs (C(OH)–C–C–N with tert-alkyl or cyclic N) is 1. The fraction of sp³-hybridized carbons (Fsp3) is 0.417. The second-order valence-corrected chi connectivity index (χ2v) is 4.35. The Morgan fingerprint density at radius 1 is 1.50 bits per heavy atom. The first-order valence-electron chi connectivity index (χ1n) is 5.80. The number of rotatable bonds is 2. The van der Waals surface area contributed by atoms with Crippen LogP contribution in [0.4, 0.5) is 5.69 Å². The predicted molar refractivity (Wildman–Crippen MR) is 64.2 cm³/mol. The number of likely N-dealkylation sites (tertiary alicyclic amines) is 1. The highest BCUT2D eigenvalue weighted by atomic mass is 16.6. The number of non-ortho nitro benzene ring substituents is 1. The van der Waals surface area contributed by atoms with E-state index in [2.05, 4.69) is 0 Å². The third-order valence-electron chi connectivity index (χ3n) is 2.99. The first-order chi connectivity index (χ1) is 8.58. The van der Waals surface area contributed by atoms with Crippen LogP contribution < -0.4 is 0 Å². The lowest BCUT2D eigenvalue weighted by Gasteiger charge is -2.30. The van der Waals surface area contributed by atoms with Crippen LogP contribution >= 0.6 is 0 Å². The summed E-state index contributed by atoms with van der Waals surface area (Å²) in [6.07, 6.45) is 0.946. The minimum atomic E-state index is -0.526. The van der Waals surface area contributed by atoms with Crippen molar-refractivity contribution in [2.24, 2.45) is 0 Å². The van der Waals surface area contributed by atoms with Crippen molar-refractivity contribution in [3.63, 3.8) is 0 Å². The Morgan fingerprint density at radius 2 is 2.28 bits per heavy atom. The number of aliphatic hydroxyl groups excluding tert-OH is 1. The third kappa shape index (κ3) is 2.65. The molecule has 1 aliphatic rings. The van der Waals surface area contributed by atoms with Gasteiger partial charge in [0.15, 0.2) is 0 Å². The summed E-state index contributed by atoms with van der Waals surface area (Å²) >= 11 is 0. The highest BCUT2D eigenvalue weighted by Crippen LogP contribution is 2.17. The second kappa shape index (κ2) is 5.14. The van der Waals surface area contributed by atoms with Gasteiger partial charge in [-0.25, -0.2) is 0 Å². The fourth-order valence-corrected chi connectivity index (χ4v) is 2.07. The number of piperidine rings is 1. The molecule has 1 N–H and O–H groups in total. The summed E-state index contributed by atoms with van der Waals surface area (Å²) in [4.78, 5) is 23.8. The quantitative estimate of drug-likeness (QED) is 0.631.